The zero-order valence-corrected chi connectivity index (χ0v) is 11.9. The molecule has 0 spiro atoms. The minimum absolute atomic E-state index is 0.0841. The van der Waals surface area contributed by atoms with E-state index in [1.807, 2.05) is 0 Å². The topological polar surface area (TPSA) is 103 Å². The van der Waals surface area contributed by atoms with Crippen LogP contribution >= 0.6 is 11.6 Å². The number of rotatable bonds is 6. The lowest BCUT2D eigenvalue weighted by molar-refractivity contribution is -0.385. The van der Waals surface area contributed by atoms with Gasteiger partial charge in [0.1, 0.15) is 0 Å². The first-order valence-corrected chi connectivity index (χ1v) is 7.84. The zero-order chi connectivity index (χ0) is 14.6. The molecule has 106 valence electrons. The third-order valence-corrected chi connectivity index (χ3v) is 4.53. The molecule has 19 heavy (non-hydrogen) atoms. The molecule has 0 fully saturated rings. The monoisotopic (exact) mass is 306 g/mol. The summed E-state index contributed by atoms with van der Waals surface area (Å²) in [7, 11) is -3.51. The molecule has 0 radical (unpaired) electrons. The van der Waals surface area contributed by atoms with Gasteiger partial charge in [-0.15, -0.1) is 0 Å². The molecule has 1 rings (SSSR count). The molecular formula is C11H15ClN2O4S. The fraction of sp³-hybridized carbons (Fsp3) is 0.455. The Kier molecular flexibility index (Phi) is 5.28. The van der Waals surface area contributed by atoms with Crippen LogP contribution in [0.15, 0.2) is 18.2 Å². The van der Waals surface area contributed by atoms with Crippen molar-refractivity contribution in [1.82, 2.24) is 0 Å². The number of benzene rings is 1. The van der Waals surface area contributed by atoms with Crippen molar-refractivity contribution in [3.63, 3.8) is 0 Å². The zero-order valence-electron chi connectivity index (χ0n) is 10.4. The molecule has 0 aliphatic heterocycles. The quantitative estimate of drug-likeness (QED) is 0.638. The highest BCUT2D eigenvalue weighted by Gasteiger charge is 2.22. The third-order valence-electron chi connectivity index (χ3n) is 2.61. The second kappa shape index (κ2) is 6.31. The molecular weight excluding hydrogens is 292 g/mol. The van der Waals surface area contributed by atoms with Gasteiger partial charge in [0.05, 0.1) is 16.4 Å². The highest BCUT2D eigenvalue weighted by Crippen LogP contribution is 2.24. The molecule has 1 aromatic rings. The number of sulfone groups is 1. The Labute approximate surface area is 116 Å². The minimum atomic E-state index is -3.51. The molecule has 0 bridgehead atoms. The Bertz CT molecular complexity index is 574. The minimum Gasteiger partial charge on any atom is -0.327 e. The summed E-state index contributed by atoms with van der Waals surface area (Å²) in [4.78, 5) is 10.2. The van der Waals surface area contributed by atoms with Gasteiger partial charge in [-0.05, 0) is 18.6 Å². The first kappa shape index (κ1) is 15.9. The first-order valence-electron chi connectivity index (χ1n) is 5.64. The number of nitrogens with two attached hydrogens (primary N) is 1. The molecule has 1 atom stereocenters. The molecule has 6 nitrogen and oxygen atoms in total. The lowest BCUT2D eigenvalue weighted by Gasteiger charge is -2.10. The fourth-order valence-corrected chi connectivity index (χ4v) is 3.49. The average molecular weight is 307 g/mol. The number of nitro groups is 1. The van der Waals surface area contributed by atoms with Crippen molar-refractivity contribution < 1.29 is 13.3 Å². The van der Waals surface area contributed by atoms with Gasteiger partial charge in [-0.1, -0.05) is 18.5 Å². The lowest BCUT2D eigenvalue weighted by Crippen LogP contribution is -2.29. The van der Waals surface area contributed by atoms with Crippen molar-refractivity contribution in [3.8, 4) is 0 Å². The highest BCUT2D eigenvalue weighted by molar-refractivity contribution is 7.90. The van der Waals surface area contributed by atoms with Crippen LogP contribution in [0.25, 0.3) is 0 Å². The number of nitrogens with zero attached hydrogens (tertiary/aromatic N) is 1. The Morgan fingerprint density at radius 3 is 2.63 bits per heavy atom. The van der Waals surface area contributed by atoms with Crippen molar-refractivity contribution in [1.29, 1.82) is 0 Å². The summed E-state index contributed by atoms with van der Waals surface area (Å²) in [6.45, 7) is 1.78. The average Bonchev–Trinajstić information content (AvgIpc) is 2.27. The van der Waals surface area contributed by atoms with E-state index in [9.17, 15) is 18.5 Å². The van der Waals surface area contributed by atoms with Crippen molar-refractivity contribution in [2.45, 2.75) is 25.1 Å². The van der Waals surface area contributed by atoms with Crippen LogP contribution in [-0.2, 0) is 15.6 Å². The van der Waals surface area contributed by atoms with Gasteiger partial charge in [-0.2, -0.15) is 0 Å². The van der Waals surface area contributed by atoms with Crippen LogP contribution in [0.4, 0.5) is 5.69 Å². The van der Waals surface area contributed by atoms with Crippen LogP contribution in [0.2, 0.25) is 5.02 Å². The van der Waals surface area contributed by atoms with E-state index in [2.05, 4.69) is 0 Å². The number of halogens is 1. The second-order valence-corrected chi connectivity index (χ2v) is 6.80. The van der Waals surface area contributed by atoms with Gasteiger partial charge >= 0.3 is 0 Å². The maximum atomic E-state index is 11.9. The summed E-state index contributed by atoms with van der Waals surface area (Å²) in [5.74, 6) is -0.634. The standard InChI is InChI=1S/C11H15ClN2O4S/c1-2-10(13)7-19(17,18)6-8-5-9(12)3-4-11(8)14(15)16/h3-5,10H,2,6-7,13H2,1H3. The van der Waals surface area contributed by atoms with Crippen LogP contribution in [-0.4, -0.2) is 25.1 Å². The van der Waals surface area contributed by atoms with E-state index >= 15 is 0 Å². The summed E-state index contributed by atoms with van der Waals surface area (Å²) >= 11 is 5.74. The predicted octanol–water partition coefficient (Wildman–Crippen LogP) is 1.90. The summed E-state index contributed by atoms with van der Waals surface area (Å²) in [6.07, 6.45) is 0.525. The molecule has 0 saturated carbocycles. The van der Waals surface area contributed by atoms with E-state index < -0.39 is 26.6 Å². The molecule has 0 amide bonds. The SMILES string of the molecule is CCC(N)CS(=O)(=O)Cc1cc(Cl)ccc1[N+](=O)[O-]. The maximum absolute atomic E-state index is 11.9. The van der Waals surface area contributed by atoms with E-state index in [0.29, 0.717) is 6.42 Å². The predicted molar refractivity (Wildman–Crippen MR) is 73.9 cm³/mol. The maximum Gasteiger partial charge on any atom is 0.273 e. The molecule has 0 aromatic heterocycles. The smallest absolute Gasteiger partial charge is 0.273 e. The van der Waals surface area contributed by atoms with Crippen LogP contribution < -0.4 is 5.73 Å². The molecule has 0 aliphatic carbocycles. The van der Waals surface area contributed by atoms with E-state index in [1.54, 1.807) is 6.92 Å². The van der Waals surface area contributed by atoms with Gasteiger partial charge in [0.25, 0.3) is 5.69 Å². The van der Waals surface area contributed by atoms with Crippen molar-refractivity contribution in [2.75, 3.05) is 5.75 Å². The molecule has 8 heteroatoms. The van der Waals surface area contributed by atoms with Gasteiger partial charge in [0, 0.05) is 22.7 Å². The van der Waals surface area contributed by atoms with Crippen LogP contribution in [0.5, 0.6) is 0 Å². The van der Waals surface area contributed by atoms with E-state index in [4.69, 9.17) is 17.3 Å². The Morgan fingerprint density at radius 2 is 2.11 bits per heavy atom. The molecule has 0 heterocycles. The molecule has 0 aliphatic rings. The molecule has 1 aromatic carbocycles. The lowest BCUT2D eigenvalue weighted by atomic mass is 10.2. The van der Waals surface area contributed by atoms with E-state index in [-0.39, 0.29) is 22.0 Å². The number of hydrogen-bond donors (Lipinski definition) is 1. The van der Waals surface area contributed by atoms with E-state index in [0.717, 1.165) is 0 Å². The summed E-state index contributed by atoms with van der Waals surface area (Å²) in [5.41, 5.74) is 5.43. The fourth-order valence-electron chi connectivity index (χ4n) is 1.59. The van der Waals surface area contributed by atoms with Crippen LogP contribution in [0.3, 0.4) is 0 Å². The van der Waals surface area contributed by atoms with Crippen LogP contribution in [0, 0.1) is 10.1 Å². The van der Waals surface area contributed by atoms with Crippen LogP contribution in [0.1, 0.15) is 18.9 Å². The summed E-state index contributed by atoms with van der Waals surface area (Å²) < 4.78 is 23.8. The van der Waals surface area contributed by atoms with Gasteiger partial charge in [0.2, 0.25) is 0 Å². The molecule has 0 saturated heterocycles. The van der Waals surface area contributed by atoms with Gasteiger partial charge < -0.3 is 5.73 Å². The normalized spacial score (nSPS) is 13.2. The summed E-state index contributed by atoms with van der Waals surface area (Å²) in [6, 6.07) is 3.39. The largest absolute Gasteiger partial charge is 0.327 e. The second-order valence-electron chi connectivity index (χ2n) is 4.25. The molecule has 2 N–H and O–H groups in total. The Morgan fingerprint density at radius 1 is 1.47 bits per heavy atom. The van der Waals surface area contributed by atoms with Crippen molar-refractivity contribution in [2.24, 2.45) is 5.73 Å². The third kappa shape index (κ3) is 4.77. The van der Waals surface area contributed by atoms with E-state index in [1.165, 1.54) is 18.2 Å². The number of nitro benzene ring substituents is 1. The molecule has 1 unspecified atom stereocenters. The van der Waals surface area contributed by atoms with Crippen molar-refractivity contribution >= 4 is 27.1 Å². The first-order chi connectivity index (χ1) is 8.75. The summed E-state index contributed by atoms with van der Waals surface area (Å²) in [5, 5.41) is 11.1. The van der Waals surface area contributed by atoms with Gasteiger partial charge in [-0.25, -0.2) is 8.42 Å². The Balaban J connectivity index is 3.04. The van der Waals surface area contributed by atoms with Gasteiger partial charge in [-0.3, -0.25) is 10.1 Å². The van der Waals surface area contributed by atoms with Crippen molar-refractivity contribution in [3.05, 3.63) is 38.9 Å². The Hall–Kier alpha value is -1.18. The number of hydrogen-bond acceptors (Lipinski definition) is 5. The van der Waals surface area contributed by atoms with Gasteiger partial charge in [0.15, 0.2) is 9.84 Å². The highest BCUT2D eigenvalue weighted by atomic mass is 35.5.